The smallest absolute Gasteiger partial charge is 0.299 e. The molecule has 0 bridgehead atoms. The summed E-state index contributed by atoms with van der Waals surface area (Å²) >= 11 is 1.25. The number of nitrogens with two attached hydrogens (primary N) is 1. The molecule has 0 unspecified atom stereocenters. The van der Waals surface area contributed by atoms with Gasteiger partial charge >= 0.3 is 0 Å². The number of rotatable bonds is 4. The molecule has 0 saturated heterocycles. The summed E-state index contributed by atoms with van der Waals surface area (Å²) in [5.41, 5.74) is 5.62. The zero-order valence-electron chi connectivity index (χ0n) is 6.15. The van der Waals surface area contributed by atoms with Gasteiger partial charge in [0.25, 0.3) is 6.47 Å². The van der Waals surface area contributed by atoms with Crippen molar-refractivity contribution in [2.24, 2.45) is 5.73 Å². The molecule has 64 valence electrons. The van der Waals surface area contributed by atoms with E-state index in [9.17, 15) is 9.59 Å². The fourth-order valence-corrected chi connectivity index (χ4v) is 1.53. The average molecular weight is 185 g/mol. The van der Waals surface area contributed by atoms with Crippen molar-refractivity contribution in [2.45, 2.75) is 6.42 Å². The van der Waals surface area contributed by atoms with Gasteiger partial charge in [0.2, 0.25) is 5.91 Å². The van der Waals surface area contributed by atoms with Crippen molar-refractivity contribution in [3.05, 3.63) is 17.0 Å². The van der Waals surface area contributed by atoms with E-state index >= 15 is 0 Å². The average Bonchev–Trinajstić information content (AvgIpc) is 2.37. The number of thiophene rings is 1. The van der Waals surface area contributed by atoms with E-state index in [1.165, 1.54) is 11.3 Å². The quantitative estimate of drug-likeness (QED) is 0.686. The highest BCUT2D eigenvalue weighted by atomic mass is 32.1. The Morgan fingerprint density at radius 3 is 3.08 bits per heavy atom. The van der Waals surface area contributed by atoms with Crippen LogP contribution < -0.4 is 10.5 Å². The van der Waals surface area contributed by atoms with Crippen molar-refractivity contribution in [3.63, 3.8) is 0 Å². The van der Waals surface area contributed by atoms with Gasteiger partial charge in [0.15, 0.2) is 5.06 Å². The Bertz CT molecular complexity index is 295. The van der Waals surface area contributed by atoms with Crippen LogP contribution in [0.25, 0.3) is 0 Å². The molecular weight excluding hydrogens is 178 g/mol. The van der Waals surface area contributed by atoms with Crippen LogP contribution in [-0.2, 0) is 16.0 Å². The molecule has 1 rings (SSSR count). The second-order valence-electron chi connectivity index (χ2n) is 2.09. The van der Waals surface area contributed by atoms with Crippen molar-refractivity contribution >= 4 is 23.7 Å². The lowest BCUT2D eigenvalue weighted by Crippen LogP contribution is -2.13. The van der Waals surface area contributed by atoms with E-state index in [-0.39, 0.29) is 6.42 Å². The third kappa shape index (κ3) is 2.06. The summed E-state index contributed by atoms with van der Waals surface area (Å²) in [6, 6.07) is 1.70. The first-order chi connectivity index (χ1) is 5.74. The standard InChI is InChI=1S/C7H7NO3S/c8-6(10)3-5-1-2-12-7(5)11-4-9/h1-2,4H,3H2,(H2,8,10). The fourth-order valence-electron chi connectivity index (χ4n) is 0.788. The molecule has 0 saturated carbocycles. The molecule has 1 amide bonds. The Balaban J connectivity index is 2.76. The maximum Gasteiger partial charge on any atom is 0.299 e. The van der Waals surface area contributed by atoms with E-state index < -0.39 is 5.91 Å². The molecule has 0 atom stereocenters. The Morgan fingerprint density at radius 1 is 1.75 bits per heavy atom. The predicted octanol–water partition coefficient (Wildman–Crippen LogP) is 0.311. The van der Waals surface area contributed by atoms with Gasteiger partial charge in [-0.2, -0.15) is 0 Å². The minimum absolute atomic E-state index is 0.104. The zero-order chi connectivity index (χ0) is 8.97. The third-order valence-electron chi connectivity index (χ3n) is 1.23. The third-order valence-corrected chi connectivity index (χ3v) is 2.07. The van der Waals surface area contributed by atoms with Crippen molar-refractivity contribution in [3.8, 4) is 5.06 Å². The second kappa shape index (κ2) is 3.87. The van der Waals surface area contributed by atoms with E-state index in [2.05, 4.69) is 4.74 Å². The van der Waals surface area contributed by atoms with Gasteiger partial charge in [-0.05, 0) is 11.4 Å². The van der Waals surface area contributed by atoms with Crippen LogP contribution >= 0.6 is 11.3 Å². The van der Waals surface area contributed by atoms with Gasteiger partial charge in [-0.3, -0.25) is 9.59 Å². The van der Waals surface area contributed by atoms with Crippen molar-refractivity contribution in [1.82, 2.24) is 0 Å². The number of hydrogen-bond donors (Lipinski definition) is 1. The van der Waals surface area contributed by atoms with Gasteiger partial charge in [-0.1, -0.05) is 0 Å². The van der Waals surface area contributed by atoms with Gasteiger partial charge in [-0.15, -0.1) is 11.3 Å². The van der Waals surface area contributed by atoms with Gasteiger partial charge in [0.05, 0.1) is 6.42 Å². The highest BCUT2D eigenvalue weighted by Gasteiger charge is 2.07. The fraction of sp³-hybridized carbons (Fsp3) is 0.143. The summed E-state index contributed by atoms with van der Waals surface area (Å²) in [6.45, 7) is 0.330. The van der Waals surface area contributed by atoms with Gasteiger partial charge in [0, 0.05) is 5.56 Å². The molecule has 4 nitrogen and oxygen atoms in total. The predicted molar refractivity (Wildman–Crippen MR) is 43.9 cm³/mol. The summed E-state index contributed by atoms with van der Waals surface area (Å²) in [5.74, 6) is -0.441. The zero-order valence-corrected chi connectivity index (χ0v) is 6.97. The van der Waals surface area contributed by atoms with Crippen LogP contribution in [0.3, 0.4) is 0 Å². The Hall–Kier alpha value is -1.36. The second-order valence-corrected chi connectivity index (χ2v) is 2.97. The summed E-state index contributed by atoms with van der Waals surface area (Å²) < 4.78 is 4.61. The van der Waals surface area contributed by atoms with E-state index in [1.807, 2.05) is 0 Å². The first kappa shape index (κ1) is 8.73. The number of carbonyl (C=O) groups is 2. The lowest BCUT2D eigenvalue weighted by molar-refractivity contribution is -0.121. The van der Waals surface area contributed by atoms with Gasteiger partial charge in [0.1, 0.15) is 0 Å². The minimum Gasteiger partial charge on any atom is -0.417 e. The maximum atomic E-state index is 10.5. The molecule has 1 aromatic rings. The van der Waals surface area contributed by atoms with E-state index in [4.69, 9.17) is 5.73 Å². The first-order valence-corrected chi connectivity index (χ1v) is 4.07. The van der Waals surface area contributed by atoms with Crippen LogP contribution in [0.15, 0.2) is 11.4 Å². The molecule has 12 heavy (non-hydrogen) atoms. The number of hydrogen-bond acceptors (Lipinski definition) is 4. The molecule has 0 aliphatic rings. The van der Waals surface area contributed by atoms with Gasteiger partial charge in [-0.25, -0.2) is 0 Å². The van der Waals surface area contributed by atoms with Crippen LogP contribution in [0.2, 0.25) is 0 Å². The van der Waals surface area contributed by atoms with Crippen LogP contribution in [0.1, 0.15) is 5.56 Å². The molecule has 2 N–H and O–H groups in total. The van der Waals surface area contributed by atoms with E-state index in [1.54, 1.807) is 11.4 Å². The number of amides is 1. The monoisotopic (exact) mass is 185 g/mol. The van der Waals surface area contributed by atoms with E-state index in [0.29, 0.717) is 17.1 Å². The van der Waals surface area contributed by atoms with E-state index in [0.717, 1.165) is 0 Å². The number of primary amides is 1. The number of carbonyl (C=O) groups excluding carboxylic acids is 2. The Morgan fingerprint density at radius 2 is 2.50 bits per heavy atom. The summed E-state index contributed by atoms with van der Waals surface area (Å²) in [4.78, 5) is 20.5. The highest BCUT2D eigenvalue weighted by molar-refractivity contribution is 7.12. The molecule has 0 radical (unpaired) electrons. The van der Waals surface area contributed by atoms with Crippen molar-refractivity contribution in [2.75, 3.05) is 0 Å². The van der Waals surface area contributed by atoms with Crippen LogP contribution in [0.5, 0.6) is 5.06 Å². The lowest BCUT2D eigenvalue weighted by Gasteiger charge is -1.96. The molecule has 5 heteroatoms. The van der Waals surface area contributed by atoms with Crippen LogP contribution in [0, 0.1) is 0 Å². The summed E-state index contributed by atoms with van der Waals surface area (Å²) in [7, 11) is 0. The van der Waals surface area contributed by atoms with Gasteiger partial charge < -0.3 is 10.5 Å². The van der Waals surface area contributed by atoms with Crippen LogP contribution in [-0.4, -0.2) is 12.4 Å². The molecular formula is C7H7NO3S. The first-order valence-electron chi connectivity index (χ1n) is 3.19. The molecule has 0 spiro atoms. The summed E-state index contributed by atoms with van der Waals surface area (Å²) in [6.07, 6.45) is 0.104. The molecule has 0 fully saturated rings. The Kier molecular flexibility index (Phi) is 2.82. The minimum atomic E-state index is -0.441. The molecule has 1 aromatic heterocycles. The Labute approximate surface area is 72.9 Å². The normalized spacial score (nSPS) is 9.33. The van der Waals surface area contributed by atoms with Crippen molar-refractivity contribution in [1.29, 1.82) is 0 Å². The highest BCUT2D eigenvalue weighted by Crippen LogP contribution is 2.25. The van der Waals surface area contributed by atoms with Crippen molar-refractivity contribution < 1.29 is 14.3 Å². The lowest BCUT2D eigenvalue weighted by atomic mass is 10.2. The largest absolute Gasteiger partial charge is 0.417 e. The molecule has 0 aliphatic heterocycles. The summed E-state index contributed by atoms with van der Waals surface area (Å²) in [5, 5.41) is 2.17. The molecule has 1 heterocycles. The molecule has 0 aromatic carbocycles. The number of ether oxygens (including phenoxy) is 1. The topological polar surface area (TPSA) is 69.4 Å². The molecule has 0 aliphatic carbocycles. The SMILES string of the molecule is NC(=O)Cc1ccsc1OC=O. The van der Waals surface area contributed by atoms with Crippen LogP contribution in [0.4, 0.5) is 0 Å². The maximum absolute atomic E-state index is 10.5.